The number of rotatable bonds is 5. The fourth-order valence-electron chi connectivity index (χ4n) is 4.84. The second kappa shape index (κ2) is 7.91. The molecule has 4 aromatic rings. The minimum Gasteiger partial charge on any atom is -0.383 e. The van der Waals surface area contributed by atoms with Crippen LogP contribution in [0.3, 0.4) is 0 Å². The summed E-state index contributed by atoms with van der Waals surface area (Å²) in [5.74, 6) is 2.80. The van der Waals surface area contributed by atoms with Crippen molar-refractivity contribution in [3.63, 3.8) is 0 Å². The van der Waals surface area contributed by atoms with E-state index in [0.29, 0.717) is 29.2 Å². The van der Waals surface area contributed by atoms with Crippen LogP contribution in [-0.2, 0) is 0 Å². The van der Waals surface area contributed by atoms with Crippen molar-refractivity contribution in [2.24, 2.45) is 0 Å². The third-order valence-corrected chi connectivity index (χ3v) is 6.82. The molecule has 1 aliphatic carbocycles. The summed E-state index contributed by atoms with van der Waals surface area (Å²) in [6.07, 6.45) is 11.9. The SMILES string of the molecule is CC(C)n1cc(-c2noc(C3CC3)c2-c2ncc(C3CCNCC3)cn2)c2c(N)ncnc21. The first kappa shape index (κ1) is 20.3. The fraction of sp³-hybridized carbons (Fsp3) is 0.458. The number of nitrogens with one attached hydrogen (secondary N) is 1. The van der Waals surface area contributed by atoms with Crippen molar-refractivity contribution < 1.29 is 4.52 Å². The summed E-state index contributed by atoms with van der Waals surface area (Å²) in [7, 11) is 0. The first-order chi connectivity index (χ1) is 16.1. The van der Waals surface area contributed by atoms with Gasteiger partial charge in [0.15, 0.2) is 11.6 Å². The molecule has 33 heavy (non-hydrogen) atoms. The molecule has 1 aliphatic heterocycles. The molecule has 9 heteroatoms. The Morgan fingerprint density at radius 2 is 1.79 bits per heavy atom. The Morgan fingerprint density at radius 1 is 1.03 bits per heavy atom. The van der Waals surface area contributed by atoms with Crippen molar-refractivity contribution in [1.82, 2.24) is 35.0 Å². The predicted octanol–water partition coefficient (Wildman–Crippen LogP) is 4.05. The molecule has 0 atom stereocenters. The van der Waals surface area contributed by atoms with Gasteiger partial charge in [0.25, 0.3) is 0 Å². The first-order valence-corrected chi connectivity index (χ1v) is 11.8. The fourth-order valence-corrected chi connectivity index (χ4v) is 4.84. The van der Waals surface area contributed by atoms with E-state index >= 15 is 0 Å². The molecule has 0 spiro atoms. The summed E-state index contributed by atoms with van der Waals surface area (Å²) >= 11 is 0. The second-order valence-corrected chi connectivity index (χ2v) is 9.41. The molecule has 1 saturated carbocycles. The van der Waals surface area contributed by atoms with Gasteiger partial charge in [-0.3, -0.25) is 0 Å². The van der Waals surface area contributed by atoms with Gasteiger partial charge in [0, 0.05) is 36.1 Å². The van der Waals surface area contributed by atoms with Gasteiger partial charge in [0.05, 0.1) is 10.9 Å². The molecule has 6 rings (SSSR count). The van der Waals surface area contributed by atoms with Gasteiger partial charge in [0.1, 0.15) is 23.5 Å². The van der Waals surface area contributed by atoms with Gasteiger partial charge in [-0.25, -0.2) is 19.9 Å². The largest absolute Gasteiger partial charge is 0.383 e. The lowest BCUT2D eigenvalue weighted by molar-refractivity contribution is 0.387. The van der Waals surface area contributed by atoms with Crippen LogP contribution in [-0.4, -0.2) is 42.7 Å². The maximum atomic E-state index is 6.32. The van der Waals surface area contributed by atoms with E-state index in [2.05, 4.69) is 38.9 Å². The van der Waals surface area contributed by atoms with E-state index in [0.717, 1.165) is 66.7 Å². The number of anilines is 1. The van der Waals surface area contributed by atoms with Crippen LogP contribution in [0.15, 0.2) is 29.4 Å². The number of fused-ring (bicyclic) bond motifs is 1. The molecule has 2 aliphatic rings. The van der Waals surface area contributed by atoms with E-state index in [9.17, 15) is 0 Å². The highest BCUT2D eigenvalue weighted by atomic mass is 16.5. The lowest BCUT2D eigenvalue weighted by atomic mass is 9.92. The number of hydrogen-bond acceptors (Lipinski definition) is 8. The average molecular weight is 445 g/mol. The van der Waals surface area contributed by atoms with Crippen molar-refractivity contribution in [3.05, 3.63) is 36.2 Å². The molecule has 170 valence electrons. The van der Waals surface area contributed by atoms with Crippen LogP contribution < -0.4 is 11.1 Å². The molecule has 4 aromatic heterocycles. The first-order valence-electron chi connectivity index (χ1n) is 11.8. The summed E-state index contributed by atoms with van der Waals surface area (Å²) in [6.45, 7) is 6.31. The van der Waals surface area contributed by atoms with Crippen molar-refractivity contribution in [2.75, 3.05) is 18.8 Å². The molecule has 0 amide bonds. The van der Waals surface area contributed by atoms with Gasteiger partial charge < -0.3 is 20.1 Å². The molecule has 2 fully saturated rings. The van der Waals surface area contributed by atoms with E-state index in [1.807, 2.05) is 18.6 Å². The summed E-state index contributed by atoms with van der Waals surface area (Å²) in [6, 6.07) is 0.203. The topological polar surface area (TPSA) is 121 Å². The zero-order chi connectivity index (χ0) is 22.5. The lowest BCUT2D eigenvalue weighted by Crippen LogP contribution is -2.26. The summed E-state index contributed by atoms with van der Waals surface area (Å²) in [5.41, 5.74) is 10.7. The third kappa shape index (κ3) is 3.47. The molecule has 0 bridgehead atoms. The molecule has 9 nitrogen and oxygen atoms in total. The molecular weight excluding hydrogens is 416 g/mol. The number of nitrogen functional groups attached to an aromatic ring is 1. The van der Waals surface area contributed by atoms with Crippen LogP contribution in [0.5, 0.6) is 0 Å². The molecule has 3 N–H and O–H groups in total. The number of aromatic nitrogens is 6. The van der Waals surface area contributed by atoms with Gasteiger partial charge in [-0.05, 0) is 64.1 Å². The van der Waals surface area contributed by atoms with Crippen LogP contribution >= 0.6 is 0 Å². The number of hydrogen-bond donors (Lipinski definition) is 2. The maximum Gasteiger partial charge on any atom is 0.165 e. The smallest absolute Gasteiger partial charge is 0.165 e. The van der Waals surface area contributed by atoms with Crippen LogP contribution in [0.4, 0.5) is 5.82 Å². The Hall–Kier alpha value is -3.33. The highest BCUT2D eigenvalue weighted by Gasteiger charge is 2.35. The highest BCUT2D eigenvalue weighted by molar-refractivity contribution is 6.02. The Labute approximate surface area is 191 Å². The zero-order valence-electron chi connectivity index (χ0n) is 19.0. The average Bonchev–Trinajstić information content (AvgIpc) is 3.46. The molecule has 0 unspecified atom stereocenters. The van der Waals surface area contributed by atoms with Gasteiger partial charge in [-0.2, -0.15) is 0 Å². The second-order valence-electron chi connectivity index (χ2n) is 9.41. The Kier molecular flexibility index (Phi) is 4.86. The Balaban J connectivity index is 1.49. The van der Waals surface area contributed by atoms with Crippen molar-refractivity contribution >= 4 is 16.9 Å². The Bertz CT molecular complexity index is 1300. The van der Waals surface area contributed by atoms with Gasteiger partial charge in [-0.15, -0.1) is 0 Å². The number of nitrogens with two attached hydrogens (primary N) is 1. The van der Waals surface area contributed by atoms with E-state index in [-0.39, 0.29) is 6.04 Å². The lowest BCUT2D eigenvalue weighted by Gasteiger charge is -2.22. The van der Waals surface area contributed by atoms with Crippen LogP contribution in [0.2, 0.25) is 0 Å². The molecular formula is C24H28N8O. The molecule has 1 saturated heterocycles. The van der Waals surface area contributed by atoms with Gasteiger partial charge in [0.2, 0.25) is 0 Å². The van der Waals surface area contributed by atoms with Crippen LogP contribution in [0.1, 0.15) is 68.7 Å². The van der Waals surface area contributed by atoms with E-state index < -0.39 is 0 Å². The van der Waals surface area contributed by atoms with E-state index in [1.165, 1.54) is 11.9 Å². The number of piperidine rings is 1. The maximum absolute atomic E-state index is 6.32. The number of nitrogens with zero attached hydrogens (tertiary/aromatic N) is 6. The van der Waals surface area contributed by atoms with Gasteiger partial charge in [-0.1, -0.05) is 5.16 Å². The molecule has 0 radical (unpaired) electrons. The summed E-state index contributed by atoms with van der Waals surface area (Å²) < 4.78 is 8.00. The van der Waals surface area contributed by atoms with Gasteiger partial charge >= 0.3 is 0 Å². The van der Waals surface area contributed by atoms with Crippen molar-refractivity contribution in [2.45, 2.75) is 57.4 Å². The zero-order valence-corrected chi connectivity index (χ0v) is 19.0. The molecule has 0 aromatic carbocycles. The van der Waals surface area contributed by atoms with Crippen molar-refractivity contribution in [1.29, 1.82) is 0 Å². The Morgan fingerprint density at radius 3 is 2.48 bits per heavy atom. The minimum absolute atomic E-state index is 0.203. The summed E-state index contributed by atoms with van der Waals surface area (Å²) in [5, 5.41) is 8.71. The van der Waals surface area contributed by atoms with Crippen LogP contribution in [0.25, 0.3) is 33.7 Å². The normalized spacial score (nSPS) is 17.3. The van der Waals surface area contributed by atoms with E-state index in [4.69, 9.17) is 20.2 Å². The van der Waals surface area contributed by atoms with Crippen LogP contribution in [0, 0.1) is 0 Å². The quantitative estimate of drug-likeness (QED) is 0.473. The summed E-state index contributed by atoms with van der Waals surface area (Å²) in [4.78, 5) is 18.3. The predicted molar refractivity (Wildman–Crippen MR) is 126 cm³/mol. The van der Waals surface area contributed by atoms with Crippen molar-refractivity contribution in [3.8, 4) is 22.6 Å². The highest BCUT2D eigenvalue weighted by Crippen LogP contribution is 2.48. The molecule has 5 heterocycles. The third-order valence-electron chi connectivity index (χ3n) is 6.82. The standard InChI is InChI=1S/C24H28N8O/c1-13(2)32-11-17(18-22(25)29-12-30-24(18)32)20-19(21(33-31-20)15-3-4-15)23-27-9-16(10-28-23)14-5-7-26-8-6-14/h9-15,26H,3-8H2,1-2H3,(H2,25,29,30). The monoisotopic (exact) mass is 444 g/mol. The van der Waals surface area contributed by atoms with E-state index in [1.54, 1.807) is 0 Å². The minimum atomic E-state index is 0.203.